The van der Waals surface area contributed by atoms with Gasteiger partial charge in [0, 0.05) is 44.2 Å². The van der Waals surface area contributed by atoms with Crippen molar-refractivity contribution in [2.24, 2.45) is 0 Å². The zero-order valence-corrected chi connectivity index (χ0v) is 11.3. The van der Waals surface area contributed by atoms with Gasteiger partial charge in [0.2, 0.25) is 5.91 Å². The molecule has 1 aliphatic rings. The maximum atomic E-state index is 11.8. The van der Waals surface area contributed by atoms with Gasteiger partial charge in [-0.3, -0.25) is 4.79 Å². The lowest BCUT2D eigenvalue weighted by molar-refractivity contribution is -0.121. The Bertz CT molecular complexity index is 374. The highest BCUT2D eigenvalue weighted by Gasteiger charge is 2.16. The van der Waals surface area contributed by atoms with Crippen molar-refractivity contribution in [3.63, 3.8) is 0 Å². The van der Waals surface area contributed by atoms with Crippen molar-refractivity contribution in [1.29, 1.82) is 0 Å². The van der Waals surface area contributed by atoms with E-state index in [1.54, 1.807) is 12.5 Å². The third-order valence-corrected chi connectivity index (χ3v) is 3.24. The topological polar surface area (TPSA) is 68.2 Å². The molecule has 1 amide bonds. The minimum absolute atomic E-state index is 0.0596. The molecule has 0 saturated carbocycles. The number of nitrogens with zero attached hydrogens (tertiary/aromatic N) is 2. The molecule has 6 nitrogen and oxygen atoms in total. The van der Waals surface area contributed by atoms with Gasteiger partial charge in [-0.05, 0) is 19.8 Å². The minimum atomic E-state index is 0.0596. The summed E-state index contributed by atoms with van der Waals surface area (Å²) in [4.78, 5) is 15.8. The quantitative estimate of drug-likeness (QED) is 0.769. The van der Waals surface area contributed by atoms with Crippen LogP contribution in [0.25, 0.3) is 0 Å². The maximum absolute atomic E-state index is 11.8. The number of aromatic nitrogens is 2. The van der Waals surface area contributed by atoms with Gasteiger partial charge in [-0.25, -0.2) is 4.98 Å². The summed E-state index contributed by atoms with van der Waals surface area (Å²) in [6, 6.07) is 0.502. The Balaban J connectivity index is 1.62. The van der Waals surface area contributed by atoms with E-state index in [-0.39, 0.29) is 18.0 Å². The van der Waals surface area contributed by atoms with Gasteiger partial charge in [-0.15, -0.1) is 0 Å². The number of nitrogens with one attached hydrogen (secondary N) is 2. The van der Waals surface area contributed by atoms with Crippen LogP contribution in [0.5, 0.6) is 0 Å². The third-order valence-electron chi connectivity index (χ3n) is 3.24. The van der Waals surface area contributed by atoms with Crippen molar-refractivity contribution in [3.8, 4) is 0 Å². The molecule has 6 heteroatoms. The summed E-state index contributed by atoms with van der Waals surface area (Å²) in [5.41, 5.74) is 0. The minimum Gasteiger partial charge on any atom is -0.381 e. The zero-order chi connectivity index (χ0) is 13.5. The van der Waals surface area contributed by atoms with E-state index in [0.717, 1.165) is 32.6 Å². The van der Waals surface area contributed by atoms with Crippen LogP contribution < -0.4 is 10.6 Å². The largest absolute Gasteiger partial charge is 0.381 e. The highest BCUT2D eigenvalue weighted by molar-refractivity contribution is 5.78. The van der Waals surface area contributed by atoms with E-state index in [2.05, 4.69) is 22.5 Å². The van der Waals surface area contributed by atoms with E-state index >= 15 is 0 Å². The second kappa shape index (κ2) is 7.25. The molecule has 106 valence electrons. The second-order valence-corrected chi connectivity index (χ2v) is 5.00. The molecule has 1 aliphatic heterocycles. The Morgan fingerprint density at radius 1 is 1.53 bits per heavy atom. The van der Waals surface area contributed by atoms with Gasteiger partial charge < -0.3 is 19.9 Å². The molecular weight excluding hydrogens is 244 g/mol. The van der Waals surface area contributed by atoms with Crippen LogP contribution in [0.3, 0.4) is 0 Å². The van der Waals surface area contributed by atoms with E-state index in [4.69, 9.17) is 4.74 Å². The molecule has 19 heavy (non-hydrogen) atoms. The molecule has 2 N–H and O–H groups in total. The van der Waals surface area contributed by atoms with Crippen molar-refractivity contribution in [3.05, 3.63) is 18.7 Å². The number of carbonyl (C=O) groups excluding carboxylic acids is 1. The summed E-state index contributed by atoms with van der Waals surface area (Å²) in [5, 5.41) is 6.25. The van der Waals surface area contributed by atoms with E-state index in [1.165, 1.54) is 0 Å². The Kier molecular flexibility index (Phi) is 5.35. The van der Waals surface area contributed by atoms with Gasteiger partial charge in [-0.2, -0.15) is 0 Å². The zero-order valence-electron chi connectivity index (χ0n) is 11.3. The van der Waals surface area contributed by atoms with Gasteiger partial charge in [0.1, 0.15) is 0 Å². The summed E-state index contributed by atoms with van der Waals surface area (Å²) in [7, 11) is 0. The number of carbonyl (C=O) groups is 1. The first-order chi connectivity index (χ1) is 9.24. The van der Waals surface area contributed by atoms with E-state index in [0.29, 0.717) is 6.54 Å². The van der Waals surface area contributed by atoms with Gasteiger partial charge in [0.05, 0.1) is 12.9 Å². The molecule has 2 heterocycles. The molecule has 1 aromatic heterocycles. The smallest absolute Gasteiger partial charge is 0.234 e. The lowest BCUT2D eigenvalue weighted by atomic mass is 10.1. The van der Waals surface area contributed by atoms with Crippen LogP contribution in [-0.4, -0.2) is 47.3 Å². The van der Waals surface area contributed by atoms with Crippen LogP contribution in [0.1, 0.15) is 19.8 Å². The Labute approximate surface area is 113 Å². The number of hydrogen-bond donors (Lipinski definition) is 2. The summed E-state index contributed by atoms with van der Waals surface area (Å²) >= 11 is 0. The van der Waals surface area contributed by atoms with E-state index < -0.39 is 0 Å². The fraction of sp³-hybridized carbons (Fsp3) is 0.692. The van der Waals surface area contributed by atoms with Gasteiger partial charge in [0.15, 0.2) is 0 Å². The van der Waals surface area contributed by atoms with Gasteiger partial charge in [0.25, 0.3) is 0 Å². The first kappa shape index (κ1) is 14.0. The van der Waals surface area contributed by atoms with Crippen LogP contribution in [0.2, 0.25) is 0 Å². The molecule has 0 bridgehead atoms. The summed E-state index contributed by atoms with van der Waals surface area (Å²) < 4.78 is 7.26. The Morgan fingerprint density at radius 2 is 2.32 bits per heavy atom. The highest BCUT2D eigenvalue weighted by Crippen LogP contribution is 2.05. The summed E-state index contributed by atoms with van der Waals surface area (Å²) in [5.74, 6) is 0.0596. The van der Waals surface area contributed by atoms with Crippen LogP contribution in [-0.2, 0) is 16.1 Å². The van der Waals surface area contributed by atoms with Crippen molar-refractivity contribution >= 4 is 5.91 Å². The molecule has 1 saturated heterocycles. The van der Waals surface area contributed by atoms with E-state index in [1.807, 2.05) is 10.8 Å². The second-order valence-electron chi connectivity index (χ2n) is 5.00. The van der Waals surface area contributed by atoms with Crippen molar-refractivity contribution < 1.29 is 9.53 Å². The summed E-state index contributed by atoms with van der Waals surface area (Å²) in [6.07, 6.45) is 7.28. The van der Waals surface area contributed by atoms with Crippen LogP contribution in [0.4, 0.5) is 0 Å². The Hall–Kier alpha value is -1.40. The maximum Gasteiger partial charge on any atom is 0.234 e. The van der Waals surface area contributed by atoms with Gasteiger partial charge in [-0.1, -0.05) is 0 Å². The molecule has 0 aliphatic carbocycles. The fourth-order valence-electron chi connectivity index (χ4n) is 2.16. The lowest BCUT2D eigenvalue weighted by Crippen LogP contribution is -2.45. The van der Waals surface area contributed by atoms with Crippen LogP contribution in [0.15, 0.2) is 18.7 Å². The monoisotopic (exact) mass is 266 g/mol. The standard InChI is InChI=1S/C13H22N4O2/c1-11(9-17-5-4-14-10-17)15-8-13(18)16-12-2-6-19-7-3-12/h4-5,10-12,15H,2-3,6-9H2,1H3,(H,16,18). The van der Waals surface area contributed by atoms with Crippen LogP contribution in [0, 0.1) is 0 Å². The molecule has 0 spiro atoms. The first-order valence-corrected chi connectivity index (χ1v) is 6.80. The predicted octanol–water partition coefficient (Wildman–Crippen LogP) is 0.156. The number of imidazole rings is 1. The molecule has 1 unspecified atom stereocenters. The molecule has 0 aromatic carbocycles. The molecule has 0 radical (unpaired) electrons. The van der Waals surface area contributed by atoms with Gasteiger partial charge >= 0.3 is 0 Å². The molecule has 1 atom stereocenters. The first-order valence-electron chi connectivity index (χ1n) is 6.80. The number of ether oxygens (including phenoxy) is 1. The normalized spacial score (nSPS) is 18.2. The summed E-state index contributed by atoms with van der Waals surface area (Å²) in [6.45, 7) is 4.71. The average Bonchev–Trinajstić information content (AvgIpc) is 2.90. The molecular formula is C13H22N4O2. The third kappa shape index (κ3) is 5.00. The van der Waals surface area contributed by atoms with Crippen molar-refractivity contribution in [2.75, 3.05) is 19.8 Å². The average molecular weight is 266 g/mol. The molecule has 2 rings (SSSR count). The SMILES string of the molecule is CC(Cn1ccnc1)NCC(=O)NC1CCOCC1. The van der Waals surface area contributed by atoms with Crippen molar-refractivity contribution in [2.45, 2.75) is 38.4 Å². The number of rotatable bonds is 6. The fourth-order valence-corrected chi connectivity index (χ4v) is 2.16. The predicted molar refractivity (Wildman–Crippen MR) is 71.7 cm³/mol. The van der Waals surface area contributed by atoms with Crippen molar-refractivity contribution in [1.82, 2.24) is 20.2 Å². The Morgan fingerprint density at radius 3 is 3.00 bits per heavy atom. The lowest BCUT2D eigenvalue weighted by Gasteiger charge is -2.23. The van der Waals surface area contributed by atoms with E-state index in [9.17, 15) is 4.79 Å². The number of amides is 1. The highest BCUT2D eigenvalue weighted by atomic mass is 16.5. The number of hydrogen-bond acceptors (Lipinski definition) is 4. The molecule has 1 aromatic rings. The molecule has 1 fully saturated rings. The van der Waals surface area contributed by atoms with Crippen LogP contribution >= 0.6 is 0 Å².